The van der Waals surface area contributed by atoms with Crippen molar-refractivity contribution >= 4 is 27.5 Å². The number of ether oxygens (including phenoxy) is 1. The summed E-state index contributed by atoms with van der Waals surface area (Å²) in [5, 5.41) is 0. The molecule has 1 heterocycles. The summed E-state index contributed by atoms with van der Waals surface area (Å²) >= 11 is 1.32. The number of hydrogen-bond donors (Lipinski definition) is 0. The third-order valence-corrected chi connectivity index (χ3v) is 4.65. The summed E-state index contributed by atoms with van der Waals surface area (Å²) in [5.74, 6) is -0.0280. The van der Waals surface area contributed by atoms with Crippen molar-refractivity contribution in [2.75, 3.05) is 7.11 Å². The van der Waals surface area contributed by atoms with Gasteiger partial charge < -0.3 is 9.30 Å². The van der Waals surface area contributed by atoms with Crippen molar-refractivity contribution in [3.05, 3.63) is 58.6 Å². The summed E-state index contributed by atoms with van der Waals surface area (Å²) in [7, 11) is 1.55. The zero-order valence-electron chi connectivity index (χ0n) is 13.5. The molecule has 2 aromatic carbocycles. The number of carbonyl (C=O) groups is 1. The molecular formula is C18H17FN2O2S. The molecule has 0 bridgehead atoms. The second kappa shape index (κ2) is 6.97. The summed E-state index contributed by atoms with van der Waals surface area (Å²) in [6, 6.07) is 11.5. The van der Waals surface area contributed by atoms with E-state index >= 15 is 0 Å². The van der Waals surface area contributed by atoms with E-state index in [1.807, 2.05) is 11.5 Å². The largest absolute Gasteiger partial charge is 0.497 e. The number of nitrogens with zero attached hydrogens (tertiary/aromatic N) is 2. The maximum Gasteiger partial charge on any atom is 0.279 e. The minimum atomic E-state index is -0.342. The number of halogens is 1. The second-order valence-corrected chi connectivity index (χ2v) is 6.31. The van der Waals surface area contributed by atoms with E-state index in [9.17, 15) is 9.18 Å². The van der Waals surface area contributed by atoms with Gasteiger partial charge in [-0.2, -0.15) is 4.99 Å². The third-order valence-electron chi connectivity index (χ3n) is 3.61. The van der Waals surface area contributed by atoms with E-state index in [2.05, 4.69) is 4.99 Å². The lowest BCUT2D eigenvalue weighted by molar-refractivity contribution is 0.0997. The van der Waals surface area contributed by atoms with Gasteiger partial charge in [-0.3, -0.25) is 4.79 Å². The number of amides is 1. The Morgan fingerprint density at radius 2 is 2.12 bits per heavy atom. The summed E-state index contributed by atoms with van der Waals surface area (Å²) in [6.45, 7) is 2.77. The average Bonchev–Trinajstić information content (AvgIpc) is 2.91. The quantitative estimate of drug-likeness (QED) is 0.718. The standard InChI is InChI=1S/C18H17FN2O2S/c1-3-9-21-15-8-7-13(19)11-16(15)24-18(21)20-17(22)12-5-4-6-14(10-12)23-2/h4-8,10-11H,3,9H2,1-2H3. The normalized spacial score (nSPS) is 11.9. The first kappa shape index (κ1) is 16.4. The number of benzene rings is 2. The molecule has 0 aliphatic rings. The number of aryl methyl sites for hydroxylation is 1. The van der Waals surface area contributed by atoms with Crippen LogP contribution in [0.1, 0.15) is 23.7 Å². The van der Waals surface area contributed by atoms with Gasteiger partial charge in [0.05, 0.1) is 17.3 Å². The molecule has 3 aromatic rings. The van der Waals surface area contributed by atoms with Gasteiger partial charge in [0.15, 0.2) is 4.80 Å². The Morgan fingerprint density at radius 1 is 1.29 bits per heavy atom. The highest BCUT2D eigenvalue weighted by Gasteiger charge is 2.10. The van der Waals surface area contributed by atoms with Crippen molar-refractivity contribution in [3.63, 3.8) is 0 Å². The van der Waals surface area contributed by atoms with Crippen molar-refractivity contribution < 1.29 is 13.9 Å². The Kier molecular flexibility index (Phi) is 4.76. The van der Waals surface area contributed by atoms with E-state index in [4.69, 9.17) is 4.74 Å². The van der Waals surface area contributed by atoms with Crippen LogP contribution in [0.2, 0.25) is 0 Å². The molecule has 124 valence electrons. The smallest absolute Gasteiger partial charge is 0.279 e. The Morgan fingerprint density at radius 3 is 2.88 bits per heavy atom. The molecule has 1 amide bonds. The fourth-order valence-corrected chi connectivity index (χ4v) is 3.56. The zero-order valence-corrected chi connectivity index (χ0v) is 14.3. The van der Waals surface area contributed by atoms with E-state index < -0.39 is 0 Å². The minimum Gasteiger partial charge on any atom is -0.497 e. The van der Waals surface area contributed by atoms with Gasteiger partial charge in [0.25, 0.3) is 5.91 Å². The fourth-order valence-electron chi connectivity index (χ4n) is 2.48. The lowest BCUT2D eigenvalue weighted by atomic mass is 10.2. The first-order valence-electron chi connectivity index (χ1n) is 7.64. The molecular weight excluding hydrogens is 327 g/mol. The van der Waals surface area contributed by atoms with Crippen LogP contribution in [0.4, 0.5) is 4.39 Å². The lowest BCUT2D eigenvalue weighted by Crippen LogP contribution is -2.16. The van der Waals surface area contributed by atoms with Crippen LogP contribution in [0.15, 0.2) is 47.5 Å². The number of aromatic nitrogens is 1. The van der Waals surface area contributed by atoms with Crippen molar-refractivity contribution in [3.8, 4) is 5.75 Å². The highest BCUT2D eigenvalue weighted by molar-refractivity contribution is 7.16. The highest BCUT2D eigenvalue weighted by atomic mass is 32.1. The first-order valence-corrected chi connectivity index (χ1v) is 8.46. The van der Waals surface area contributed by atoms with Crippen LogP contribution >= 0.6 is 11.3 Å². The Labute approximate surface area is 142 Å². The predicted octanol–water partition coefficient (Wildman–Crippen LogP) is 4.00. The van der Waals surface area contributed by atoms with Gasteiger partial charge >= 0.3 is 0 Å². The molecule has 0 saturated carbocycles. The molecule has 0 radical (unpaired) electrons. The van der Waals surface area contributed by atoms with Crippen molar-refractivity contribution in [2.45, 2.75) is 19.9 Å². The SMILES string of the molecule is CCCn1c(=NC(=O)c2cccc(OC)c2)sc2cc(F)ccc21. The van der Waals surface area contributed by atoms with Gasteiger partial charge in [-0.25, -0.2) is 4.39 Å². The van der Waals surface area contributed by atoms with Gasteiger partial charge in [-0.1, -0.05) is 24.3 Å². The molecule has 24 heavy (non-hydrogen) atoms. The van der Waals surface area contributed by atoms with E-state index in [0.29, 0.717) is 16.1 Å². The Hall–Kier alpha value is -2.47. The van der Waals surface area contributed by atoms with Crippen LogP contribution < -0.4 is 9.54 Å². The average molecular weight is 344 g/mol. The molecule has 0 aliphatic carbocycles. The van der Waals surface area contributed by atoms with Crippen LogP contribution in [0.3, 0.4) is 0 Å². The number of fused-ring (bicyclic) bond motifs is 1. The van der Waals surface area contributed by atoms with Crippen LogP contribution in [-0.2, 0) is 6.54 Å². The predicted molar refractivity (Wildman–Crippen MR) is 93.0 cm³/mol. The fraction of sp³-hybridized carbons (Fsp3) is 0.222. The van der Waals surface area contributed by atoms with Gasteiger partial charge in [0, 0.05) is 12.1 Å². The summed E-state index contributed by atoms with van der Waals surface area (Å²) in [6.07, 6.45) is 0.893. The van der Waals surface area contributed by atoms with Crippen molar-refractivity contribution in [1.82, 2.24) is 4.57 Å². The van der Waals surface area contributed by atoms with Crippen LogP contribution in [0, 0.1) is 5.82 Å². The minimum absolute atomic E-state index is 0.293. The van der Waals surface area contributed by atoms with Crippen molar-refractivity contribution in [1.29, 1.82) is 0 Å². The lowest BCUT2D eigenvalue weighted by Gasteiger charge is -2.03. The van der Waals surface area contributed by atoms with E-state index in [1.54, 1.807) is 37.4 Å². The summed E-state index contributed by atoms with van der Waals surface area (Å²) in [4.78, 5) is 17.3. The van der Waals surface area contributed by atoms with Gasteiger partial charge in [0.1, 0.15) is 11.6 Å². The number of rotatable bonds is 4. The molecule has 0 aliphatic heterocycles. The summed E-state index contributed by atoms with van der Waals surface area (Å²) in [5.41, 5.74) is 1.35. The molecule has 0 N–H and O–H groups in total. The number of methoxy groups -OCH3 is 1. The van der Waals surface area contributed by atoms with Gasteiger partial charge in [0.2, 0.25) is 0 Å². The summed E-state index contributed by atoms with van der Waals surface area (Å²) < 4.78 is 21.3. The monoisotopic (exact) mass is 344 g/mol. The maximum atomic E-state index is 13.5. The molecule has 6 heteroatoms. The van der Waals surface area contributed by atoms with Crippen LogP contribution in [-0.4, -0.2) is 17.6 Å². The van der Waals surface area contributed by atoms with E-state index in [1.165, 1.54) is 23.5 Å². The van der Waals surface area contributed by atoms with E-state index in [0.717, 1.165) is 23.2 Å². The van der Waals surface area contributed by atoms with Crippen molar-refractivity contribution in [2.24, 2.45) is 4.99 Å². The van der Waals surface area contributed by atoms with Gasteiger partial charge in [-0.15, -0.1) is 0 Å². The molecule has 4 nitrogen and oxygen atoms in total. The molecule has 0 spiro atoms. The molecule has 0 saturated heterocycles. The number of carbonyl (C=O) groups excluding carboxylic acids is 1. The molecule has 3 rings (SSSR count). The van der Waals surface area contributed by atoms with Crippen LogP contribution in [0.5, 0.6) is 5.75 Å². The topological polar surface area (TPSA) is 43.6 Å². The third kappa shape index (κ3) is 3.23. The number of hydrogen-bond acceptors (Lipinski definition) is 3. The highest BCUT2D eigenvalue weighted by Crippen LogP contribution is 2.19. The Balaban J connectivity index is 2.11. The molecule has 0 unspecified atom stereocenters. The maximum absolute atomic E-state index is 13.5. The zero-order chi connectivity index (χ0) is 17.1. The van der Waals surface area contributed by atoms with Crippen LogP contribution in [0.25, 0.3) is 10.2 Å². The molecule has 1 aromatic heterocycles. The van der Waals surface area contributed by atoms with E-state index in [-0.39, 0.29) is 11.7 Å². The molecule has 0 fully saturated rings. The number of thiazole rings is 1. The van der Waals surface area contributed by atoms with Gasteiger partial charge in [-0.05, 0) is 42.8 Å². The molecule has 0 atom stereocenters. The first-order chi connectivity index (χ1) is 11.6. The second-order valence-electron chi connectivity index (χ2n) is 5.30. The Bertz CT molecular complexity index is 959.